The lowest BCUT2D eigenvalue weighted by Gasteiger charge is -2.37. The Bertz CT molecular complexity index is 256. The van der Waals surface area contributed by atoms with Crippen molar-refractivity contribution in [3.63, 3.8) is 0 Å². The molecule has 1 N–H and O–H groups in total. The SMILES string of the molecule is COCC(Br)CNC(=O)C1CCCCC1(C)C. The average Bonchev–Trinajstić information content (AvgIpc) is 2.26. The summed E-state index contributed by atoms with van der Waals surface area (Å²) in [5.74, 6) is 0.369. The van der Waals surface area contributed by atoms with E-state index in [9.17, 15) is 4.79 Å². The lowest BCUT2D eigenvalue weighted by molar-refractivity contribution is -0.130. The van der Waals surface area contributed by atoms with Crippen LogP contribution in [0.15, 0.2) is 0 Å². The molecule has 100 valence electrons. The molecule has 4 heteroatoms. The van der Waals surface area contributed by atoms with Crippen molar-refractivity contribution in [3.8, 4) is 0 Å². The van der Waals surface area contributed by atoms with Gasteiger partial charge < -0.3 is 10.1 Å². The fourth-order valence-electron chi connectivity index (χ4n) is 2.55. The molecule has 3 nitrogen and oxygen atoms in total. The van der Waals surface area contributed by atoms with Crippen LogP contribution < -0.4 is 5.32 Å². The standard InChI is InChI=1S/C13H24BrNO2/c1-13(2)7-5-4-6-11(13)12(16)15-8-10(14)9-17-3/h10-11H,4-9H2,1-3H3,(H,15,16). The number of amides is 1. The number of ether oxygens (including phenoxy) is 1. The van der Waals surface area contributed by atoms with E-state index < -0.39 is 0 Å². The highest BCUT2D eigenvalue weighted by Gasteiger charge is 2.36. The van der Waals surface area contributed by atoms with Gasteiger partial charge in [-0.25, -0.2) is 0 Å². The molecule has 1 aliphatic rings. The number of hydrogen-bond acceptors (Lipinski definition) is 2. The van der Waals surface area contributed by atoms with E-state index in [0.29, 0.717) is 13.2 Å². The van der Waals surface area contributed by atoms with Crippen LogP contribution in [0.3, 0.4) is 0 Å². The van der Waals surface area contributed by atoms with Crippen molar-refractivity contribution in [1.29, 1.82) is 0 Å². The van der Waals surface area contributed by atoms with Gasteiger partial charge in [-0.3, -0.25) is 4.79 Å². The first-order valence-electron chi connectivity index (χ1n) is 6.38. The molecular formula is C13H24BrNO2. The van der Waals surface area contributed by atoms with Crippen molar-refractivity contribution in [2.24, 2.45) is 11.3 Å². The molecule has 1 rings (SSSR count). The number of carbonyl (C=O) groups excluding carboxylic acids is 1. The van der Waals surface area contributed by atoms with Crippen LogP contribution in [0.1, 0.15) is 39.5 Å². The normalized spacial score (nSPS) is 25.3. The Balaban J connectivity index is 2.41. The highest BCUT2D eigenvalue weighted by molar-refractivity contribution is 9.09. The molecule has 0 aromatic heterocycles. The summed E-state index contributed by atoms with van der Waals surface area (Å²) in [6.45, 7) is 5.67. The summed E-state index contributed by atoms with van der Waals surface area (Å²) in [4.78, 5) is 12.3. The minimum atomic E-state index is 0.144. The first kappa shape index (κ1) is 15.0. The molecule has 0 aliphatic heterocycles. The first-order chi connectivity index (χ1) is 7.97. The third kappa shape index (κ3) is 4.59. The molecule has 0 aromatic carbocycles. The third-order valence-corrected chi connectivity index (χ3v) is 4.26. The second-order valence-corrected chi connectivity index (χ2v) is 6.88. The lowest BCUT2D eigenvalue weighted by Crippen LogP contribution is -2.43. The Labute approximate surface area is 113 Å². The summed E-state index contributed by atoms with van der Waals surface area (Å²) in [6.07, 6.45) is 4.61. The van der Waals surface area contributed by atoms with Crippen molar-refractivity contribution in [2.45, 2.75) is 44.4 Å². The molecule has 2 unspecified atom stereocenters. The van der Waals surface area contributed by atoms with Crippen LogP contribution in [0, 0.1) is 11.3 Å². The van der Waals surface area contributed by atoms with E-state index in [4.69, 9.17) is 4.74 Å². The van der Waals surface area contributed by atoms with Crippen molar-refractivity contribution in [3.05, 3.63) is 0 Å². The molecule has 0 radical (unpaired) electrons. The van der Waals surface area contributed by atoms with Gasteiger partial charge in [-0.2, -0.15) is 0 Å². The molecule has 1 saturated carbocycles. The zero-order valence-corrected chi connectivity index (χ0v) is 12.7. The van der Waals surface area contributed by atoms with Crippen LogP contribution in [0.2, 0.25) is 0 Å². The number of halogens is 1. The summed E-state index contributed by atoms with van der Waals surface area (Å²) in [6, 6.07) is 0. The van der Waals surface area contributed by atoms with Crippen LogP contribution in [-0.2, 0) is 9.53 Å². The fourth-order valence-corrected chi connectivity index (χ4v) is 2.98. The minimum Gasteiger partial charge on any atom is -0.383 e. The van der Waals surface area contributed by atoms with Gasteiger partial charge >= 0.3 is 0 Å². The first-order valence-corrected chi connectivity index (χ1v) is 7.29. The smallest absolute Gasteiger partial charge is 0.223 e. The summed E-state index contributed by atoms with van der Waals surface area (Å²) in [5, 5.41) is 3.03. The Hall–Kier alpha value is -0.0900. The van der Waals surface area contributed by atoms with E-state index in [1.165, 1.54) is 12.8 Å². The monoisotopic (exact) mass is 305 g/mol. The van der Waals surface area contributed by atoms with Gasteiger partial charge in [-0.05, 0) is 18.3 Å². The highest BCUT2D eigenvalue weighted by Crippen LogP contribution is 2.40. The van der Waals surface area contributed by atoms with Crippen LogP contribution in [0.25, 0.3) is 0 Å². The van der Waals surface area contributed by atoms with Gasteiger partial charge in [0.05, 0.1) is 11.4 Å². The third-order valence-electron chi connectivity index (χ3n) is 3.67. The van der Waals surface area contributed by atoms with Crippen molar-refractivity contribution in [2.75, 3.05) is 20.3 Å². The van der Waals surface area contributed by atoms with Crippen LogP contribution in [0.5, 0.6) is 0 Å². The molecule has 2 atom stereocenters. The van der Waals surface area contributed by atoms with Crippen molar-refractivity contribution in [1.82, 2.24) is 5.32 Å². The number of hydrogen-bond donors (Lipinski definition) is 1. The quantitative estimate of drug-likeness (QED) is 0.793. The fraction of sp³-hybridized carbons (Fsp3) is 0.923. The predicted octanol–water partition coefficient (Wildman–Crippen LogP) is 2.73. The molecule has 0 bridgehead atoms. The van der Waals surface area contributed by atoms with Gasteiger partial charge in [0.2, 0.25) is 5.91 Å². The Morgan fingerprint density at radius 3 is 2.82 bits per heavy atom. The van der Waals surface area contributed by atoms with Crippen molar-refractivity contribution >= 4 is 21.8 Å². The van der Waals surface area contributed by atoms with Crippen LogP contribution >= 0.6 is 15.9 Å². The molecule has 1 aliphatic carbocycles. The molecule has 0 spiro atoms. The highest BCUT2D eigenvalue weighted by atomic mass is 79.9. The van der Waals surface area contributed by atoms with E-state index in [2.05, 4.69) is 35.1 Å². The minimum absolute atomic E-state index is 0.144. The van der Waals surface area contributed by atoms with Gasteiger partial charge in [0.1, 0.15) is 0 Å². The van der Waals surface area contributed by atoms with Gasteiger partial charge in [0, 0.05) is 19.6 Å². The molecule has 1 amide bonds. The number of nitrogens with one attached hydrogen (secondary N) is 1. The van der Waals surface area contributed by atoms with E-state index in [-0.39, 0.29) is 22.1 Å². The topological polar surface area (TPSA) is 38.3 Å². The van der Waals surface area contributed by atoms with Crippen molar-refractivity contribution < 1.29 is 9.53 Å². The average molecular weight is 306 g/mol. The summed E-state index contributed by atoms with van der Waals surface area (Å²) >= 11 is 3.48. The molecular weight excluding hydrogens is 282 g/mol. The number of rotatable bonds is 5. The Kier molecular flexibility index (Phi) is 5.93. The van der Waals surface area contributed by atoms with E-state index >= 15 is 0 Å². The van der Waals surface area contributed by atoms with E-state index in [1.807, 2.05) is 0 Å². The summed E-state index contributed by atoms with van der Waals surface area (Å²) < 4.78 is 5.02. The van der Waals surface area contributed by atoms with Gasteiger partial charge in [-0.1, -0.05) is 42.6 Å². The number of methoxy groups -OCH3 is 1. The van der Waals surface area contributed by atoms with Gasteiger partial charge in [0.15, 0.2) is 0 Å². The maximum Gasteiger partial charge on any atom is 0.223 e. The Morgan fingerprint density at radius 1 is 1.53 bits per heavy atom. The maximum atomic E-state index is 12.1. The molecule has 0 aromatic rings. The maximum absolute atomic E-state index is 12.1. The second kappa shape index (κ2) is 6.74. The molecule has 0 saturated heterocycles. The molecule has 0 heterocycles. The van der Waals surface area contributed by atoms with E-state index in [1.54, 1.807) is 7.11 Å². The summed E-state index contributed by atoms with van der Waals surface area (Å²) in [7, 11) is 1.67. The van der Waals surface area contributed by atoms with E-state index in [0.717, 1.165) is 12.8 Å². The number of alkyl halides is 1. The lowest BCUT2D eigenvalue weighted by atomic mass is 9.68. The molecule has 1 fully saturated rings. The Morgan fingerprint density at radius 2 is 2.24 bits per heavy atom. The zero-order chi connectivity index (χ0) is 12.9. The van der Waals surface area contributed by atoms with Gasteiger partial charge in [0.25, 0.3) is 0 Å². The summed E-state index contributed by atoms with van der Waals surface area (Å²) in [5.41, 5.74) is 0.144. The number of carbonyl (C=O) groups is 1. The molecule has 17 heavy (non-hydrogen) atoms. The van der Waals surface area contributed by atoms with Crippen LogP contribution in [0.4, 0.5) is 0 Å². The predicted molar refractivity (Wildman–Crippen MR) is 73.3 cm³/mol. The van der Waals surface area contributed by atoms with Crippen LogP contribution in [-0.4, -0.2) is 31.0 Å². The zero-order valence-electron chi connectivity index (χ0n) is 11.1. The second-order valence-electron chi connectivity index (χ2n) is 5.58. The van der Waals surface area contributed by atoms with Gasteiger partial charge in [-0.15, -0.1) is 0 Å². The largest absolute Gasteiger partial charge is 0.383 e.